The molecule has 0 aromatic carbocycles. The average Bonchev–Trinajstić information content (AvgIpc) is 2.37. The number of anilines is 3. The van der Waals surface area contributed by atoms with Crippen LogP contribution in [0.3, 0.4) is 0 Å². The Morgan fingerprint density at radius 2 is 1.95 bits per heavy atom. The Balaban J connectivity index is 3.11. The molecule has 0 spiro atoms. The van der Waals surface area contributed by atoms with Gasteiger partial charge in [0.15, 0.2) is 0 Å². The summed E-state index contributed by atoms with van der Waals surface area (Å²) >= 11 is 1.21. The summed E-state index contributed by atoms with van der Waals surface area (Å²) in [6.07, 6.45) is 4.58. The van der Waals surface area contributed by atoms with Crippen LogP contribution in [0.2, 0.25) is 0 Å². The van der Waals surface area contributed by atoms with E-state index in [-0.39, 0.29) is 22.6 Å². The molecule has 8 N–H and O–H groups in total. The Labute approximate surface area is 115 Å². The smallest absolute Gasteiger partial charge is 0.231 e. The largest absolute Gasteiger partial charge is 0.403 e. The van der Waals surface area contributed by atoms with Crippen molar-refractivity contribution in [1.29, 1.82) is 5.41 Å². The van der Waals surface area contributed by atoms with E-state index < -0.39 is 0 Å². The zero-order valence-electron chi connectivity index (χ0n) is 10.6. The van der Waals surface area contributed by atoms with Crippen LogP contribution in [0.4, 0.5) is 17.6 Å². The highest BCUT2D eigenvalue weighted by Crippen LogP contribution is 2.22. The van der Waals surface area contributed by atoms with E-state index in [1.165, 1.54) is 24.2 Å². The SMILES string of the molecule is CN=CC(=CN)Nc1nc(N)c(C(=N)SC)c(N)n1. The quantitative estimate of drug-likeness (QED) is 0.391. The van der Waals surface area contributed by atoms with Gasteiger partial charge in [-0.05, 0) is 6.26 Å². The summed E-state index contributed by atoms with van der Waals surface area (Å²) in [5, 5.41) is 10.8. The van der Waals surface area contributed by atoms with E-state index in [4.69, 9.17) is 22.6 Å². The highest BCUT2D eigenvalue weighted by molar-refractivity contribution is 8.13. The van der Waals surface area contributed by atoms with E-state index in [9.17, 15) is 0 Å². The third-order valence-corrected chi connectivity index (χ3v) is 2.71. The molecule has 0 unspecified atom stereocenters. The maximum absolute atomic E-state index is 7.72. The summed E-state index contributed by atoms with van der Waals surface area (Å²) in [5.41, 5.74) is 17.8. The summed E-state index contributed by atoms with van der Waals surface area (Å²) < 4.78 is 0. The monoisotopic (exact) mass is 280 g/mol. The maximum atomic E-state index is 7.72. The van der Waals surface area contributed by atoms with Crippen molar-refractivity contribution in [2.24, 2.45) is 10.7 Å². The minimum atomic E-state index is 0.138. The first kappa shape index (κ1) is 14.8. The van der Waals surface area contributed by atoms with Gasteiger partial charge in [-0.3, -0.25) is 10.4 Å². The number of aliphatic imine (C=N–C) groups is 1. The topological polar surface area (TPSA) is 152 Å². The summed E-state index contributed by atoms with van der Waals surface area (Å²) in [6, 6.07) is 0. The van der Waals surface area contributed by atoms with Crippen LogP contribution in [0.15, 0.2) is 16.9 Å². The van der Waals surface area contributed by atoms with Crippen molar-refractivity contribution < 1.29 is 0 Å². The Kier molecular flexibility index (Phi) is 5.12. The van der Waals surface area contributed by atoms with E-state index in [2.05, 4.69) is 20.3 Å². The third-order valence-electron chi connectivity index (χ3n) is 2.10. The molecule has 0 amide bonds. The van der Waals surface area contributed by atoms with Crippen molar-refractivity contribution >= 4 is 40.6 Å². The van der Waals surface area contributed by atoms with Crippen LogP contribution in [0.1, 0.15) is 5.56 Å². The lowest BCUT2D eigenvalue weighted by Crippen LogP contribution is -2.13. The van der Waals surface area contributed by atoms with Gasteiger partial charge in [0.05, 0.1) is 11.3 Å². The van der Waals surface area contributed by atoms with E-state index in [0.717, 1.165) is 0 Å². The molecule has 0 saturated heterocycles. The molecule has 1 aromatic heterocycles. The number of nitrogens with zero attached hydrogens (tertiary/aromatic N) is 3. The summed E-state index contributed by atoms with van der Waals surface area (Å²) in [7, 11) is 1.61. The number of rotatable bonds is 4. The van der Waals surface area contributed by atoms with Gasteiger partial charge in [-0.25, -0.2) is 0 Å². The summed E-state index contributed by atoms with van der Waals surface area (Å²) in [5.74, 6) is 0.475. The highest BCUT2D eigenvalue weighted by Gasteiger charge is 2.14. The van der Waals surface area contributed by atoms with Gasteiger partial charge in [0.2, 0.25) is 5.95 Å². The van der Waals surface area contributed by atoms with Crippen LogP contribution in [0.25, 0.3) is 0 Å². The lowest BCUT2D eigenvalue weighted by Gasteiger charge is -2.10. The molecule has 102 valence electrons. The van der Waals surface area contributed by atoms with Crippen molar-refractivity contribution in [2.75, 3.05) is 30.1 Å². The van der Waals surface area contributed by atoms with E-state index in [1.54, 1.807) is 13.3 Å². The number of hydrogen-bond donors (Lipinski definition) is 5. The van der Waals surface area contributed by atoms with Gasteiger partial charge >= 0.3 is 0 Å². The first-order valence-electron chi connectivity index (χ1n) is 5.20. The second-order valence-corrected chi connectivity index (χ2v) is 4.18. The number of nitrogens with one attached hydrogen (secondary N) is 2. The van der Waals surface area contributed by atoms with Crippen LogP contribution < -0.4 is 22.5 Å². The van der Waals surface area contributed by atoms with Crippen molar-refractivity contribution in [2.45, 2.75) is 0 Å². The van der Waals surface area contributed by atoms with Crippen LogP contribution in [-0.4, -0.2) is 34.5 Å². The van der Waals surface area contributed by atoms with Crippen molar-refractivity contribution in [3.8, 4) is 0 Å². The molecule has 0 atom stereocenters. The Morgan fingerprint density at radius 1 is 1.37 bits per heavy atom. The Morgan fingerprint density at radius 3 is 2.37 bits per heavy atom. The maximum Gasteiger partial charge on any atom is 0.231 e. The van der Waals surface area contributed by atoms with E-state index in [0.29, 0.717) is 11.3 Å². The number of thioether (sulfide) groups is 1. The molecule has 1 rings (SSSR count). The molecule has 0 aliphatic carbocycles. The Hall–Kier alpha value is -2.29. The average molecular weight is 280 g/mol. The molecule has 9 heteroatoms. The van der Waals surface area contributed by atoms with Gasteiger partial charge in [-0.2, -0.15) is 9.97 Å². The highest BCUT2D eigenvalue weighted by atomic mass is 32.2. The molecule has 1 aromatic rings. The number of aromatic nitrogens is 2. The van der Waals surface area contributed by atoms with Gasteiger partial charge in [-0.1, -0.05) is 0 Å². The minimum absolute atomic E-state index is 0.138. The van der Waals surface area contributed by atoms with E-state index >= 15 is 0 Å². The molecule has 0 bridgehead atoms. The molecule has 0 aliphatic rings. The molecular weight excluding hydrogens is 264 g/mol. The van der Waals surface area contributed by atoms with Gasteiger partial charge in [-0.15, -0.1) is 11.8 Å². The van der Waals surface area contributed by atoms with Crippen LogP contribution in [0.5, 0.6) is 0 Å². The summed E-state index contributed by atoms with van der Waals surface area (Å²) in [4.78, 5) is 11.9. The molecule has 0 fully saturated rings. The van der Waals surface area contributed by atoms with Gasteiger partial charge < -0.3 is 22.5 Å². The Bertz CT molecular complexity index is 513. The molecule has 1 heterocycles. The lowest BCUT2D eigenvalue weighted by molar-refractivity contribution is 1.16. The van der Waals surface area contributed by atoms with Gasteiger partial charge in [0.25, 0.3) is 0 Å². The van der Waals surface area contributed by atoms with Crippen molar-refractivity contribution in [1.82, 2.24) is 9.97 Å². The molecule has 19 heavy (non-hydrogen) atoms. The molecule has 0 radical (unpaired) electrons. The predicted molar refractivity (Wildman–Crippen MR) is 81.5 cm³/mol. The minimum Gasteiger partial charge on any atom is -0.403 e. The second kappa shape index (κ2) is 6.59. The first-order chi connectivity index (χ1) is 9.03. The fraction of sp³-hybridized carbons (Fsp3) is 0.200. The van der Waals surface area contributed by atoms with Crippen LogP contribution >= 0.6 is 11.8 Å². The van der Waals surface area contributed by atoms with Crippen molar-refractivity contribution in [3.05, 3.63) is 17.5 Å². The number of nitrogens with two attached hydrogens (primary N) is 3. The third kappa shape index (κ3) is 3.58. The fourth-order valence-electron chi connectivity index (χ4n) is 1.27. The lowest BCUT2D eigenvalue weighted by atomic mass is 10.3. The van der Waals surface area contributed by atoms with Gasteiger partial charge in [0, 0.05) is 19.5 Å². The zero-order chi connectivity index (χ0) is 14.4. The zero-order valence-corrected chi connectivity index (χ0v) is 11.5. The van der Waals surface area contributed by atoms with Gasteiger partial charge in [0.1, 0.15) is 16.7 Å². The number of allylic oxidation sites excluding steroid dienone is 1. The normalized spacial score (nSPS) is 11.8. The second-order valence-electron chi connectivity index (χ2n) is 3.36. The molecule has 0 aliphatic heterocycles. The van der Waals surface area contributed by atoms with E-state index in [1.807, 2.05) is 0 Å². The van der Waals surface area contributed by atoms with Crippen molar-refractivity contribution in [3.63, 3.8) is 0 Å². The predicted octanol–water partition coefficient (Wildman–Crippen LogP) is 0.242. The standard InChI is InChI=1S/C10H16N8S/c1-15-4-5(3-11)16-10-17-7(12)6(8(13)18-10)9(14)19-2/h3-4,14H,11H2,1-2H3,(H5,12,13,16,17,18). The van der Waals surface area contributed by atoms with Crippen LogP contribution in [-0.2, 0) is 0 Å². The fourth-order valence-corrected chi connectivity index (χ4v) is 1.69. The number of nitrogen functional groups attached to an aromatic ring is 2. The number of hydrogen-bond acceptors (Lipinski definition) is 9. The van der Waals surface area contributed by atoms with Crippen LogP contribution in [0, 0.1) is 5.41 Å². The molecule has 0 saturated carbocycles. The first-order valence-corrected chi connectivity index (χ1v) is 6.42. The molecule has 8 nitrogen and oxygen atoms in total. The molecular formula is C10H16N8S. The summed E-state index contributed by atoms with van der Waals surface area (Å²) in [6.45, 7) is 0.